The van der Waals surface area contributed by atoms with E-state index in [-0.39, 0.29) is 11.4 Å². The Kier molecular flexibility index (Phi) is 3.26. The van der Waals surface area contributed by atoms with Crippen LogP contribution in [0.3, 0.4) is 0 Å². The van der Waals surface area contributed by atoms with Gasteiger partial charge in [0, 0.05) is 7.05 Å². The number of nitrogens with zero attached hydrogens (tertiary/aromatic N) is 2. The molecule has 0 fully saturated rings. The number of nitro groups is 1. The van der Waals surface area contributed by atoms with Crippen molar-refractivity contribution < 1.29 is 4.92 Å². The quantitative estimate of drug-likeness (QED) is 0.280. The molecule has 0 aliphatic rings. The summed E-state index contributed by atoms with van der Waals surface area (Å²) in [4.78, 5) is 9.75. The Morgan fingerprint density at radius 3 is 2.36 bits per heavy atom. The lowest BCUT2D eigenvalue weighted by Gasteiger charge is -2.11. The predicted molar refractivity (Wildman–Crippen MR) is 41.8 cm³/mol. The maximum Gasteiger partial charge on any atom is 0.289 e. The Labute approximate surface area is 64.9 Å². The second-order valence-electron chi connectivity index (χ2n) is 1.99. The maximum atomic E-state index is 10.3. The average molecular weight is 157 g/mol. The third-order valence-corrected chi connectivity index (χ3v) is 1.19. The fraction of sp³-hybridized carbons (Fsp3) is 0.333. The summed E-state index contributed by atoms with van der Waals surface area (Å²) in [6.45, 7) is 5.00. The van der Waals surface area contributed by atoms with Crippen LogP contribution in [-0.2, 0) is 0 Å². The maximum absolute atomic E-state index is 10.3. The van der Waals surface area contributed by atoms with Crippen LogP contribution in [0.4, 0.5) is 0 Å². The van der Waals surface area contributed by atoms with E-state index in [2.05, 4.69) is 6.58 Å². The molecule has 2 N–H and O–H groups in total. The number of hydrogen-bond acceptors (Lipinski definition) is 4. The van der Waals surface area contributed by atoms with E-state index in [1.807, 2.05) is 0 Å². The van der Waals surface area contributed by atoms with Gasteiger partial charge in [0.2, 0.25) is 0 Å². The van der Waals surface area contributed by atoms with Gasteiger partial charge in [0.25, 0.3) is 5.70 Å². The molecular formula is C6H11N3O2. The Balaban J connectivity index is 4.55. The van der Waals surface area contributed by atoms with Crippen molar-refractivity contribution >= 4 is 0 Å². The van der Waals surface area contributed by atoms with Crippen LogP contribution in [0.2, 0.25) is 0 Å². The van der Waals surface area contributed by atoms with Gasteiger partial charge in [-0.15, -0.1) is 0 Å². The SMILES string of the molecule is C=C(/C(=C\C)[N+](=O)[O-])N(C)N. The molecule has 0 unspecified atom stereocenters. The fourth-order valence-corrected chi connectivity index (χ4v) is 0.558. The van der Waals surface area contributed by atoms with Crippen LogP contribution in [0.15, 0.2) is 24.0 Å². The van der Waals surface area contributed by atoms with Crippen molar-refractivity contribution in [2.75, 3.05) is 7.05 Å². The number of nitrogens with two attached hydrogens (primary N) is 1. The first-order valence-electron chi connectivity index (χ1n) is 2.99. The Morgan fingerprint density at radius 2 is 2.27 bits per heavy atom. The number of allylic oxidation sites excluding steroid dienone is 1. The van der Waals surface area contributed by atoms with E-state index in [0.717, 1.165) is 5.01 Å². The standard InChI is InChI=1S/C6H11N3O2/c1-4-6(9(10)11)5(2)8(3)7/h4H,2,7H2,1,3H3/b6-4+. The molecule has 5 nitrogen and oxygen atoms in total. The Bertz CT molecular complexity index is 208. The molecule has 0 aromatic rings. The van der Waals surface area contributed by atoms with Gasteiger partial charge in [-0.1, -0.05) is 6.58 Å². The lowest BCUT2D eigenvalue weighted by atomic mass is 10.3. The molecule has 62 valence electrons. The lowest BCUT2D eigenvalue weighted by molar-refractivity contribution is -0.422. The van der Waals surface area contributed by atoms with E-state index >= 15 is 0 Å². The van der Waals surface area contributed by atoms with Crippen molar-refractivity contribution in [1.82, 2.24) is 5.01 Å². The molecule has 0 heterocycles. The summed E-state index contributed by atoms with van der Waals surface area (Å²) in [5, 5.41) is 11.4. The fourth-order valence-electron chi connectivity index (χ4n) is 0.558. The van der Waals surface area contributed by atoms with Crippen LogP contribution < -0.4 is 5.84 Å². The molecule has 0 aromatic heterocycles. The monoisotopic (exact) mass is 157 g/mol. The Hall–Kier alpha value is -1.36. The van der Waals surface area contributed by atoms with Crippen LogP contribution in [0, 0.1) is 10.1 Å². The lowest BCUT2D eigenvalue weighted by Crippen LogP contribution is -2.27. The Morgan fingerprint density at radius 1 is 1.82 bits per heavy atom. The van der Waals surface area contributed by atoms with Crippen molar-refractivity contribution in [3.05, 3.63) is 34.2 Å². The summed E-state index contributed by atoms with van der Waals surface area (Å²) < 4.78 is 0. The first-order chi connectivity index (χ1) is 5.00. The molecule has 11 heavy (non-hydrogen) atoms. The molecular weight excluding hydrogens is 146 g/mol. The van der Waals surface area contributed by atoms with Crippen LogP contribution >= 0.6 is 0 Å². The van der Waals surface area contributed by atoms with Crippen molar-refractivity contribution in [2.24, 2.45) is 5.84 Å². The summed E-state index contributed by atoms with van der Waals surface area (Å²) in [5.74, 6) is 5.24. The van der Waals surface area contributed by atoms with Crippen LogP contribution in [0.25, 0.3) is 0 Å². The minimum absolute atomic E-state index is 0.0741. The molecule has 0 amide bonds. The normalized spacial score (nSPS) is 11.0. The van der Waals surface area contributed by atoms with E-state index in [0.29, 0.717) is 0 Å². The molecule has 0 saturated carbocycles. The van der Waals surface area contributed by atoms with Crippen LogP contribution in [0.1, 0.15) is 6.92 Å². The first-order valence-corrected chi connectivity index (χ1v) is 2.99. The highest BCUT2D eigenvalue weighted by molar-refractivity contribution is 5.18. The zero-order chi connectivity index (χ0) is 9.02. The average Bonchev–Trinajstić information content (AvgIpc) is 1.88. The van der Waals surface area contributed by atoms with E-state index in [1.54, 1.807) is 6.92 Å². The van der Waals surface area contributed by atoms with Crippen molar-refractivity contribution in [3.63, 3.8) is 0 Å². The minimum atomic E-state index is -0.522. The number of hydrogen-bond donors (Lipinski definition) is 1. The summed E-state index contributed by atoms with van der Waals surface area (Å²) in [6, 6.07) is 0. The molecule has 0 aliphatic heterocycles. The van der Waals surface area contributed by atoms with Gasteiger partial charge in [0.05, 0.1) is 4.92 Å². The molecule has 0 rings (SSSR count). The molecule has 5 heteroatoms. The highest BCUT2D eigenvalue weighted by Gasteiger charge is 2.15. The van der Waals surface area contributed by atoms with E-state index < -0.39 is 4.92 Å². The predicted octanol–water partition coefficient (Wildman–Crippen LogP) is 0.486. The number of likely N-dealkylation sites (N-methyl/N-ethyl adjacent to an activating group) is 1. The van der Waals surface area contributed by atoms with Crippen LogP contribution in [0.5, 0.6) is 0 Å². The zero-order valence-corrected chi connectivity index (χ0v) is 6.57. The van der Waals surface area contributed by atoms with E-state index in [9.17, 15) is 10.1 Å². The highest BCUT2D eigenvalue weighted by atomic mass is 16.6. The molecule has 0 saturated heterocycles. The molecule has 0 aliphatic carbocycles. The third-order valence-electron chi connectivity index (χ3n) is 1.19. The third kappa shape index (κ3) is 2.38. The van der Waals surface area contributed by atoms with Crippen LogP contribution in [-0.4, -0.2) is 17.0 Å². The smallest absolute Gasteiger partial charge is 0.289 e. The van der Waals surface area contributed by atoms with Gasteiger partial charge in [-0.3, -0.25) is 10.1 Å². The van der Waals surface area contributed by atoms with E-state index in [4.69, 9.17) is 5.84 Å². The van der Waals surface area contributed by atoms with E-state index in [1.165, 1.54) is 13.1 Å². The molecule has 0 atom stereocenters. The summed E-state index contributed by atoms with van der Waals surface area (Å²) >= 11 is 0. The molecule has 0 aromatic carbocycles. The van der Waals surface area contributed by atoms with Gasteiger partial charge in [-0.2, -0.15) is 0 Å². The van der Waals surface area contributed by atoms with Gasteiger partial charge in [0.15, 0.2) is 0 Å². The second kappa shape index (κ2) is 3.72. The largest absolute Gasteiger partial charge is 0.308 e. The first kappa shape index (κ1) is 9.64. The molecule has 0 spiro atoms. The second-order valence-corrected chi connectivity index (χ2v) is 1.99. The molecule has 0 bridgehead atoms. The van der Waals surface area contributed by atoms with Gasteiger partial charge < -0.3 is 5.01 Å². The van der Waals surface area contributed by atoms with Gasteiger partial charge in [-0.25, -0.2) is 5.84 Å². The molecule has 0 radical (unpaired) electrons. The minimum Gasteiger partial charge on any atom is -0.308 e. The summed E-state index contributed by atoms with van der Waals surface area (Å²) in [6.07, 6.45) is 1.35. The van der Waals surface area contributed by atoms with Crippen molar-refractivity contribution in [3.8, 4) is 0 Å². The van der Waals surface area contributed by atoms with Gasteiger partial charge >= 0.3 is 0 Å². The van der Waals surface area contributed by atoms with Crippen molar-refractivity contribution in [2.45, 2.75) is 6.92 Å². The summed E-state index contributed by atoms with van der Waals surface area (Å²) in [7, 11) is 1.50. The highest BCUT2D eigenvalue weighted by Crippen LogP contribution is 2.08. The van der Waals surface area contributed by atoms with Gasteiger partial charge in [-0.05, 0) is 13.0 Å². The van der Waals surface area contributed by atoms with Gasteiger partial charge in [0.1, 0.15) is 5.70 Å². The number of rotatable bonds is 3. The topological polar surface area (TPSA) is 72.4 Å². The summed E-state index contributed by atoms with van der Waals surface area (Å²) in [5.41, 5.74) is 0.118. The zero-order valence-electron chi connectivity index (χ0n) is 6.57. The van der Waals surface area contributed by atoms with Crippen molar-refractivity contribution in [1.29, 1.82) is 0 Å². The number of hydrazine groups is 1.